The van der Waals surface area contributed by atoms with Crippen molar-refractivity contribution >= 4 is 22.4 Å². The van der Waals surface area contributed by atoms with Crippen molar-refractivity contribution in [2.45, 2.75) is 6.04 Å². The first kappa shape index (κ1) is 15.8. The topological polar surface area (TPSA) is 38.3 Å². The average molecular weight is 317 g/mol. The molecule has 0 saturated carbocycles. The summed E-state index contributed by atoms with van der Waals surface area (Å²) in [7, 11) is 1.37. The van der Waals surface area contributed by atoms with Crippen LogP contribution in [0, 0.1) is 0 Å². The highest BCUT2D eigenvalue weighted by molar-refractivity contribution is 5.90. The zero-order valence-electron chi connectivity index (χ0n) is 13.5. The number of hydrogen-bond donors (Lipinski definition) is 1. The van der Waals surface area contributed by atoms with E-state index in [4.69, 9.17) is 4.74 Å². The SMILES string of the molecule is C=C(C(=O)OC)[C@H](Nc1ccc2ccccc2c1)c1ccccc1. The minimum Gasteiger partial charge on any atom is -0.466 e. The molecule has 120 valence electrons. The number of carbonyl (C=O) groups is 1. The standard InChI is InChI=1S/C21H19NO2/c1-15(21(23)24-2)20(17-9-4-3-5-10-17)22-19-13-12-16-8-6-7-11-18(16)14-19/h3-14,20,22H,1H2,2H3/t20-/m0/s1. The number of carbonyl (C=O) groups excluding carboxylic acids is 1. The van der Waals surface area contributed by atoms with Gasteiger partial charge in [0.2, 0.25) is 0 Å². The fraction of sp³-hybridized carbons (Fsp3) is 0.0952. The van der Waals surface area contributed by atoms with E-state index in [2.05, 4.69) is 36.2 Å². The first-order valence-electron chi connectivity index (χ1n) is 7.76. The van der Waals surface area contributed by atoms with E-state index in [0.717, 1.165) is 16.6 Å². The van der Waals surface area contributed by atoms with Crippen molar-refractivity contribution in [2.75, 3.05) is 12.4 Å². The van der Waals surface area contributed by atoms with Gasteiger partial charge in [0.05, 0.1) is 18.7 Å². The minimum atomic E-state index is -0.419. The Balaban J connectivity index is 1.95. The smallest absolute Gasteiger partial charge is 0.335 e. The van der Waals surface area contributed by atoms with Crippen LogP contribution in [0.15, 0.2) is 84.9 Å². The van der Waals surface area contributed by atoms with Crippen LogP contribution in [0.2, 0.25) is 0 Å². The summed E-state index contributed by atoms with van der Waals surface area (Å²) in [4.78, 5) is 12.0. The predicted octanol–water partition coefficient (Wildman–Crippen LogP) is 4.72. The van der Waals surface area contributed by atoms with Gasteiger partial charge in [-0.1, -0.05) is 67.2 Å². The molecule has 0 aromatic heterocycles. The van der Waals surface area contributed by atoms with Gasteiger partial charge in [0, 0.05) is 5.69 Å². The summed E-state index contributed by atoms with van der Waals surface area (Å²) >= 11 is 0. The molecular weight excluding hydrogens is 298 g/mol. The molecule has 0 radical (unpaired) electrons. The van der Waals surface area contributed by atoms with Gasteiger partial charge in [0.1, 0.15) is 0 Å². The largest absolute Gasteiger partial charge is 0.466 e. The maximum Gasteiger partial charge on any atom is 0.335 e. The lowest BCUT2D eigenvalue weighted by atomic mass is 9.99. The van der Waals surface area contributed by atoms with Gasteiger partial charge in [-0.15, -0.1) is 0 Å². The summed E-state index contributed by atoms with van der Waals surface area (Å²) in [5.41, 5.74) is 2.26. The number of nitrogens with one attached hydrogen (secondary N) is 1. The van der Waals surface area contributed by atoms with E-state index in [1.165, 1.54) is 12.5 Å². The second-order valence-electron chi connectivity index (χ2n) is 5.57. The predicted molar refractivity (Wildman–Crippen MR) is 97.9 cm³/mol. The Bertz CT molecular complexity index is 871. The molecule has 0 saturated heterocycles. The van der Waals surface area contributed by atoms with Crippen LogP contribution >= 0.6 is 0 Å². The highest BCUT2D eigenvalue weighted by atomic mass is 16.5. The summed E-state index contributed by atoms with van der Waals surface area (Å²) in [5.74, 6) is -0.419. The Morgan fingerprint density at radius 3 is 2.33 bits per heavy atom. The Labute approximate surface area is 141 Å². The van der Waals surface area contributed by atoms with E-state index in [9.17, 15) is 4.79 Å². The molecule has 3 aromatic rings. The zero-order chi connectivity index (χ0) is 16.9. The van der Waals surface area contributed by atoms with Gasteiger partial charge in [-0.05, 0) is 28.5 Å². The van der Waals surface area contributed by atoms with Crippen molar-refractivity contribution in [3.63, 3.8) is 0 Å². The van der Waals surface area contributed by atoms with E-state index in [1.807, 2.05) is 48.5 Å². The molecule has 3 aromatic carbocycles. The molecule has 0 aliphatic carbocycles. The van der Waals surface area contributed by atoms with Crippen molar-refractivity contribution < 1.29 is 9.53 Å². The summed E-state index contributed by atoms with van der Waals surface area (Å²) < 4.78 is 4.84. The Hall–Kier alpha value is -3.07. The van der Waals surface area contributed by atoms with Crippen LogP contribution in [0.25, 0.3) is 10.8 Å². The maximum atomic E-state index is 12.0. The van der Waals surface area contributed by atoms with Crippen molar-refractivity contribution in [3.05, 3.63) is 90.5 Å². The number of hydrogen-bond acceptors (Lipinski definition) is 3. The molecule has 24 heavy (non-hydrogen) atoms. The molecule has 0 aliphatic heterocycles. The Kier molecular flexibility index (Phi) is 4.62. The molecule has 1 atom stereocenters. The molecule has 3 nitrogen and oxygen atoms in total. The van der Waals surface area contributed by atoms with Crippen LogP contribution < -0.4 is 5.32 Å². The molecule has 0 heterocycles. The van der Waals surface area contributed by atoms with Crippen molar-refractivity contribution in [3.8, 4) is 0 Å². The van der Waals surface area contributed by atoms with E-state index in [0.29, 0.717) is 5.57 Å². The van der Waals surface area contributed by atoms with Gasteiger partial charge in [0.25, 0.3) is 0 Å². The van der Waals surface area contributed by atoms with Gasteiger partial charge >= 0.3 is 5.97 Å². The molecule has 0 amide bonds. The third-order valence-electron chi connectivity index (χ3n) is 3.99. The minimum absolute atomic E-state index is 0.347. The molecule has 0 bridgehead atoms. The number of anilines is 1. The van der Waals surface area contributed by atoms with E-state index >= 15 is 0 Å². The molecule has 0 unspecified atom stereocenters. The van der Waals surface area contributed by atoms with E-state index in [-0.39, 0.29) is 6.04 Å². The van der Waals surface area contributed by atoms with Crippen LogP contribution in [-0.4, -0.2) is 13.1 Å². The van der Waals surface area contributed by atoms with Crippen LogP contribution in [0.4, 0.5) is 5.69 Å². The lowest BCUT2D eigenvalue weighted by Crippen LogP contribution is -2.19. The number of fused-ring (bicyclic) bond motifs is 1. The number of benzene rings is 3. The molecule has 3 heteroatoms. The fourth-order valence-corrected chi connectivity index (χ4v) is 2.71. The summed E-state index contributed by atoms with van der Waals surface area (Å²) in [6, 6.07) is 23.7. The number of methoxy groups -OCH3 is 1. The summed E-state index contributed by atoms with van der Waals surface area (Å²) in [5, 5.41) is 5.71. The average Bonchev–Trinajstić information content (AvgIpc) is 2.65. The van der Waals surface area contributed by atoms with Gasteiger partial charge in [-0.3, -0.25) is 0 Å². The second-order valence-corrected chi connectivity index (χ2v) is 5.57. The van der Waals surface area contributed by atoms with Crippen LogP contribution in [-0.2, 0) is 9.53 Å². The molecule has 0 aliphatic rings. The first-order chi connectivity index (χ1) is 11.7. The maximum absolute atomic E-state index is 12.0. The van der Waals surface area contributed by atoms with Crippen LogP contribution in [0.3, 0.4) is 0 Å². The highest BCUT2D eigenvalue weighted by Gasteiger charge is 2.21. The van der Waals surface area contributed by atoms with Gasteiger partial charge in [0.15, 0.2) is 0 Å². The lowest BCUT2D eigenvalue weighted by Gasteiger charge is -2.21. The van der Waals surface area contributed by atoms with Gasteiger partial charge < -0.3 is 10.1 Å². The molecule has 3 rings (SSSR count). The third kappa shape index (κ3) is 3.30. The molecular formula is C21H19NO2. The fourth-order valence-electron chi connectivity index (χ4n) is 2.71. The van der Waals surface area contributed by atoms with Crippen molar-refractivity contribution in [1.82, 2.24) is 0 Å². The van der Waals surface area contributed by atoms with Crippen molar-refractivity contribution in [2.24, 2.45) is 0 Å². The summed E-state index contributed by atoms with van der Waals surface area (Å²) in [6.45, 7) is 3.92. The normalized spacial score (nSPS) is 11.7. The van der Waals surface area contributed by atoms with Gasteiger partial charge in [-0.2, -0.15) is 0 Å². The number of rotatable bonds is 5. The van der Waals surface area contributed by atoms with E-state index in [1.54, 1.807) is 0 Å². The Morgan fingerprint density at radius 2 is 1.62 bits per heavy atom. The first-order valence-corrected chi connectivity index (χ1v) is 7.76. The van der Waals surface area contributed by atoms with Crippen LogP contribution in [0.1, 0.15) is 11.6 Å². The zero-order valence-corrected chi connectivity index (χ0v) is 13.5. The lowest BCUT2D eigenvalue weighted by molar-refractivity contribution is -0.136. The molecule has 0 fully saturated rings. The highest BCUT2D eigenvalue weighted by Crippen LogP contribution is 2.28. The van der Waals surface area contributed by atoms with Gasteiger partial charge in [-0.25, -0.2) is 4.79 Å². The molecule has 1 N–H and O–H groups in total. The number of esters is 1. The van der Waals surface area contributed by atoms with Crippen molar-refractivity contribution in [1.29, 1.82) is 0 Å². The molecule has 0 spiro atoms. The third-order valence-corrected chi connectivity index (χ3v) is 3.99. The van der Waals surface area contributed by atoms with E-state index < -0.39 is 5.97 Å². The second kappa shape index (κ2) is 7.01. The summed E-state index contributed by atoms with van der Waals surface area (Å²) in [6.07, 6.45) is 0. The van der Waals surface area contributed by atoms with Crippen LogP contribution in [0.5, 0.6) is 0 Å². The Morgan fingerprint density at radius 1 is 0.958 bits per heavy atom. The number of ether oxygens (including phenoxy) is 1. The monoisotopic (exact) mass is 317 g/mol. The quantitative estimate of drug-likeness (QED) is 0.546.